The van der Waals surface area contributed by atoms with Gasteiger partial charge in [0.15, 0.2) is 0 Å². The maximum absolute atomic E-state index is 6.23. The minimum absolute atomic E-state index is 0.856. The van der Waals surface area contributed by atoms with E-state index >= 15 is 0 Å². The number of allylic oxidation sites excluding steroid dienone is 5. The maximum Gasteiger partial charge on any atom is 0.135 e. The minimum Gasteiger partial charge on any atom is -0.456 e. The van der Waals surface area contributed by atoms with Crippen molar-refractivity contribution in [2.45, 2.75) is 6.92 Å². The van der Waals surface area contributed by atoms with E-state index in [1.54, 1.807) is 0 Å². The van der Waals surface area contributed by atoms with Crippen molar-refractivity contribution in [2.24, 2.45) is 0 Å². The maximum atomic E-state index is 6.23. The van der Waals surface area contributed by atoms with Crippen molar-refractivity contribution in [2.75, 3.05) is 4.90 Å². The normalized spacial score (nSPS) is 12.2. The molecule has 2 heteroatoms. The van der Waals surface area contributed by atoms with Gasteiger partial charge in [-0.2, -0.15) is 0 Å². The Morgan fingerprint density at radius 2 is 0.982 bits per heavy atom. The number of anilines is 2. The summed E-state index contributed by atoms with van der Waals surface area (Å²) in [4.78, 5) is 2.32. The molecule has 0 aliphatic carbocycles. The monoisotopic (exact) mass is 729 g/mol. The molecule has 270 valence electrons. The van der Waals surface area contributed by atoms with Gasteiger partial charge in [-0.3, -0.25) is 0 Å². The largest absolute Gasteiger partial charge is 0.456 e. The number of furan rings is 1. The molecule has 0 spiro atoms. The zero-order valence-corrected chi connectivity index (χ0v) is 31.7. The Morgan fingerprint density at radius 1 is 0.474 bits per heavy atom. The van der Waals surface area contributed by atoms with E-state index < -0.39 is 0 Å². The highest BCUT2D eigenvalue weighted by molar-refractivity contribution is 6.14. The highest BCUT2D eigenvalue weighted by Crippen LogP contribution is 2.39. The molecule has 0 bridgehead atoms. The summed E-state index contributed by atoms with van der Waals surface area (Å²) in [6.45, 7) is 6.45. The van der Waals surface area contributed by atoms with Gasteiger partial charge in [0, 0.05) is 28.0 Å². The summed E-state index contributed by atoms with van der Waals surface area (Å²) in [5.41, 5.74) is 9.75. The van der Waals surface area contributed by atoms with Gasteiger partial charge in [0.2, 0.25) is 0 Å². The molecule has 10 aromatic rings. The zero-order chi connectivity index (χ0) is 38.3. The third-order valence-corrected chi connectivity index (χ3v) is 11.2. The standard InChI is InChI=1S/C55H39NO/c1-3-38(52-34-41-14-4-7-17-46(41)48-19-9-11-21-50(48)52)25-24-37(2)56(45-32-28-40(29-33-45)55-36-43-16-6-13-23-54(43)57-55)44-30-26-39(27-31-44)53-35-42-15-5-8-18-47(42)49-20-10-12-22-51(49)53/h3-36H,1H2,2H3/b37-24+,38-25+. The molecular formula is C55H39NO. The molecule has 0 amide bonds. The second-order valence-electron chi connectivity index (χ2n) is 14.6. The molecule has 0 aliphatic rings. The molecule has 0 aliphatic heterocycles. The second-order valence-corrected chi connectivity index (χ2v) is 14.6. The Kier molecular flexibility index (Phi) is 8.58. The number of hydrogen-bond donors (Lipinski definition) is 0. The van der Waals surface area contributed by atoms with Crippen LogP contribution in [0.25, 0.3) is 82.1 Å². The Bertz CT molecular complexity index is 3160. The lowest BCUT2D eigenvalue weighted by Gasteiger charge is -2.26. The van der Waals surface area contributed by atoms with Gasteiger partial charge in [-0.05, 0) is 139 Å². The fourth-order valence-electron chi connectivity index (χ4n) is 8.38. The molecule has 0 unspecified atom stereocenters. The zero-order valence-electron chi connectivity index (χ0n) is 31.7. The smallest absolute Gasteiger partial charge is 0.135 e. The molecule has 0 atom stereocenters. The van der Waals surface area contributed by atoms with Crippen LogP contribution in [0.5, 0.6) is 0 Å². The molecule has 2 nitrogen and oxygen atoms in total. The number of para-hydroxylation sites is 1. The van der Waals surface area contributed by atoms with Gasteiger partial charge in [-0.25, -0.2) is 0 Å². The summed E-state index contributed by atoms with van der Waals surface area (Å²) in [5.74, 6) is 0.856. The van der Waals surface area contributed by atoms with Gasteiger partial charge >= 0.3 is 0 Å². The van der Waals surface area contributed by atoms with Crippen LogP contribution >= 0.6 is 0 Å². The van der Waals surface area contributed by atoms with Crippen LogP contribution in [0, 0.1) is 0 Å². The molecule has 1 aromatic heterocycles. The first-order valence-corrected chi connectivity index (χ1v) is 19.4. The fraction of sp³-hybridized carbons (Fsp3) is 0.0182. The van der Waals surface area contributed by atoms with Crippen molar-refractivity contribution < 1.29 is 4.42 Å². The lowest BCUT2D eigenvalue weighted by molar-refractivity contribution is 0.631. The third-order valence-electron chi connectivity index (χ3n) is 11.2. The van der Waals surface area contributed by atoms with E-state index in [0.29, 0.717) is 0 Å². The molecule has 0 saturated heterocycles. The van der Waals surface area contributed by atoms with Crippen molar-refractivity contribution in [3.05, 3.63) is 224 Å². The lowest BCUT2D eigenvalue weighted by Crippen LogP contribution is -2.14. The minimum atomic E-state index is 0.856. The summed E-state index contributed by atoms with van der Waals surface area (Å²) in [6, 6.07) is 67.1. The van der Waals surface area contributed by atoms with E-state index in [4.69, 9.17) is 4.42 Å². The Labute approximate surface area is 332 Å². The Balaban J connectivity index is 1.08. The number of rotatable bonds is 8. The van der Waals surface area contributed by atoms with E-state index in [1.165, 1.54) is 54.2 Å². The third kappa shape index (κ3) is 6.18. The van der Waals surface area contributed by atoms with Crippen LogP contribution in [0.1, 0.15) is 12.5 Å². The highest BCUT2D eigenvalue weighted by Gasteiger charge is 2.16. The highest BCUT2D eigenvalue weighted by atomic mass is 16.3. The molecule has 0 radical (unpaired) electrons. The summed E-state index contributed by atoms with van der Waals surface area (Å²) >= 11 is 0. The van der Waals surface area contributed by atoms with Crippen molar-refractivity contribution >= 4 is 71.0 Å². The molecule has 1 heterocycles. The Hall–Kier alpha value is -7.42. The van der Waals surface area contributed by atoms with Crippen molar-refractivity contribution in [3.8, 4) is 22.5 Å². The van der Waals surface area contributed by atoms with Gasteiger partial charge in [0.05, 0.1) is 0 Å². The number of fused-ring (bicyclic) bond motifs is 7. The van der Waals surface area contributed by atoms with Crippen LogP contribution < -0.4 is 4.90 Å². The molecule has 0 N–H and O–H groups in total. The van der Waals surface area contributed by atoms with E-state index in [2.05, 4.69) is 200 Å². The number of hydrogen-bond acceptors (Lipinski definition) is 2. The van der Waals surface area contributed by atoms with E-state index in [-0.39, 0.29) is 0 Å². The molecule has 0 saturated carbocycles. The average Bonchev–Trinajstić information content (AvgIpc) is 3.72. The first-order valence-electron chi connectivity index (χ1n) is 19.4. The first kappa shape index (κ1) is 34.1. The summed E-state index contributed by atoms with van der Waals surface area (Å²) in [6.07, 6.45) is 6.37. The molecule has 0 fully saturated rings. The van der Waals surface area contributed by atoms with Crippen LogP contribution in [0.3, 0.4) is 0 Å². The predicted molar refractivity (Wildman–Crippen MR) is 244 cm³/mol. The lowest BCUT2D eigenvalue weighted by atomic mass is 9.93. The van der Waals surface area contributed by atoms with Crippen molar-refractivity contribution in [1.29, 1.82) is 0 Å². The van der Waals surface area contributed by atoms with E-state index in [0.717, 1.165) is 50.5 Å². The quantitative estimate of drug-likeness (QED) is 0.114. The molecule has 9 aromatic carbocycles. The molecular weight excluding hydrogens is 691 g/mol. The number of nitrogens with zero attached hydrogens (tertiary/aromatic N) is 1. The number of benzene rings is 9. The van der Waals surface area contributed by atoms with Crippen LogP contribution in [0.15, 0.2) is 223 Å². The molecule has 57 heavy (non-hydrogen) atoms. The van der Waals surface area contributed by atoms with Crippen LogP contribution in [0.2, 0.25) is 0 Å². The van der Waals surface area contributed by atoms with Crippen LogP contribution in [-0.4, -0.2) is 0 Å². The van der Waals surface area contributed by atoms with Crippen LogP contribution in [0.4, 0.5) is 11.4 Å². The Morgan fingerprint density at radius 3 is 1.61 bits per heavy atom. The van der Waals surface area contributed by atoms with E-state index in [9.17, 15) is 0 Å². The van der Waals surface area contributed by atoms with Gasteiger partial charge in [0.1, 0.15) is 11.3 Å². The van der Waals surface area contributed by atoms with Gasteiger partial charge in [-0.15, -0.1) is 0 Å². The predicted octanol–water partition coefficient (Wildman–Crippen LogP) is 15.7. The van der Waals surface area contributed by atoms with Crippen LogP contribution in [-0.2, 0) is 0 Å². The van der Waals surface area contributed by atoms with Gasteiger partial charge in [-0.1, -0.05) is 146 Å². The molecule has 10 rings (SSSR count). The summed E-state index contributed by atoms with van der Waals surface area (Å²) in [5, 5.41) is 11.0. The van der Waals surface area contributed by atoms with Crippen molar-refractivity contribution in [3.63, 3.8) is 0 Å². The first-order chi connectivity index (χ1) is 28.1. The fourth-order valence-corrected chi connectivity index (χ4v) is 8.38. The van der Waals surface area contributed by atoms with E-state index in [1.807, 2.05) is 24.3 Å². The van der Waals surface area contributed by atoms with Gasteiger partial charge in [0.25, 0.3) is 0 Å². The SMILES string of the molecule is C=C/C(=C\C=C(/C)N(c1ccc(-c2cc3ccccc3o2)cc1)c1ccc(-c2cc3ccccc3c3ccccc23)cc1)c1cc2ccccc2c2ccccc12. The summed E-state index contributed by atoms with van der Waals surface area (Å²) in [7, 11) is 0. The van der Waals surface area contributed by atoms with Crippen molar-refractivity contribution in [1.82, 2.24) is 0 Å². The topological polar surface area (TPSA) is 16.4 Å². The average molecular weight is 730 g/mol. The summed E-state index contributed by atoms with van der Waals surface area (Å²) < 4.78 is 6.23. The second kappa shape index (κ2) is 14.3. The van der Waals surface area contributed by atoms with Gasteiger partial charge < -0.3 is 9.32 Å².